The molecule has 3 aromatic rings. The van der Waals surface area contributed by atoms with Gasteiger partial charge in [0.2, 0.25) is 11.8 Å². The van der Waals surface area contributed by atoms with Crippen LogP contribution in [0.25, 0.3) is 5.69 Å². The largest absolute Gasteiger partial charge is 0.356 e. The fourth-order valence-electron chi connectivity index (χ4n) is 3.43. The maximum atomic E-state index is 12.6. The number of anilines is 1. The summed E-state index contributed by atoms with van der Waals surface area (Å²) in [6.45, 7) is 1.21. The summed E-state index contributed by atoms with van der Waals surface area (Å²) in [6, 6.07) is 17.8. The third kappa shape index (κ3) is 4.91. The minimum absolute atomic E-state index is 0.00189. The van der Waals surface area contributed by atoms with Crippen molar-refractivity contribution < 1.29 is 9.59 Å². The number of para-hydroxylation sites is 2. The molecule has 154 valence electrons. The fraction of sp³-hybridized carbons (Fsp3) is 0.261. The first-order valence-electron chi connectivity index (χ1n) is 10.1. The van der Waals surface area contributed by atoms with Gasteiger partial charge in [0.25, 0.3) is 0 Å². The minimum Gasteiger partial charge on any atom is -0.356 e. The molecule has 1 aliphatic rings. The van der Waals surface area contributed by atoms with Crippen LogP contribution < -0.4 is 10.2 Å². The number of nitrogens with zero attached hydrogens (tertiary/aromatic N) is 3. The Kier molecular flexibility index (Phi) is 6.49. The molecule has 6 nitrogen and oxygen atoms in total. The average molecular weight is 421 g/mol. The van der Waals surface area contributed by atoms with E-state index in [1.165, 1.54) is 0 Å². The van der Waals surface area contributed by atoms with Crippen molar-refractivity contribution in [2.75, 3.05) is 23.7 Å². The molecule has 0 aliphatic carbocycles. The Morgan fingerprint density at radius 3 is 2.70 bits per heavy atom. The molecule has 0 atom stereocenters. The third-order valence-electron chi connectivity index (χ3n) is 4.99. The molecular formula is C23H24N4O2S. The molecule has 0 saturated heterocycles. The van der Waals surface area contributed by atoms with Crippen molar-refractivity contribution in [1.29, 1.82) is 0 Å². The van der Waals surface area contributed by atoms with E-state index < -0.39 is 0 Å². The highest BCUT2D eigenvalue weighted by molar-refractivity contribution is 7.99. The number of nitrogens with one attached hydrogen (secondary N) is 1. The van der Waals surface area contributed by atoms with E-state index in [1.54, 1.807) is 16.7 Å². The van der Waals surface area contributed by atoms with Crippen molar-refractivity contribution in [3.63, 3.8) is 0 Å². The number of aromatic nitrogens is 2. The summed E-state index contributed by atoms with van der Waals surface area (Å²) in [5.74, 6) is 0.784. The average Bonchev–Trinajstić information content (AvgIpc) is 3.26. The zero-order valence-electron chi connectivity index (χ0n) is 16.7. The Balaban J connectivity index is 1.22. The van der Waals surface area contributed by atoms with Crippen LogP contribution in [-0.4, -0.2) is 40.4 Å². The standard InChI is InChI=1S/C23H24N4O2S/c28-22(10-11-23(29)26-14-15-30-21-9-5-4-8-20(21)26)24-13-12-18-16-25-27(17-18)19-6-2-1-3-7-19/h1-9,16-17H,10-15H2,(H,24,28). The molecule has 30 heavy (non-hydrogen) atoms. The molecule has 2 aromatic carbocycles. The zero-order chi connectivity index (χ0) is 20.8. The Hall–Kier alpha value is -3.06. The molecule has 1 aliphatic heterocycles. The molecule has 2 amide bonds. The van der Waals surface area contributed by atoms with E-state index in [4.69, 9.17) is 0 Å². The predicted molar refractivity (Wildman–Crippen MR) is 119 cm³/mol. The van der Waals surface area contributed by atoms with Crippen LogP contribution in [0.1, 0.15) is 18.4 Å². The van der Waals surface area contributed by atoms with Crippen LogP contribution in [0.15, 0.2) is 71.9 Å². The summed E-state index contributed by atoms with van der Waals surface area (Å²) < 4.78 is 1.82. The lowest BCUT2D eigenvalue weighted by Crippen LogP contribution is -2.36. The SMILES string of the molecule is O=C(CCC(=O)N1CCSc2ccccc21)NCCc1cnn(-c2ccccc2)c1. The Labute approximate surface area is 180 Å². The Morgan fingerprint density at radius 2 is 1.83 bits per heavy atom. The van der Waals surface area contributed by atoms with Crippen LogP contribution in [0.2, 0.25) is 0 Å². The van der Waals surface area contributed by atoms with Gasteiger partial charge in [-0.05, 0) is 36.2 Å². The van der Waals surface area contributed by atoms with E-state index in [0.29, 0.717) is 19.5 Å². The summed E-state index contributed by atoms with van der Waals surface area (Å²) in [5, 5.41) is 7.27. The number of carbonyl (C=O) groups is 2. The van der Waals surface area contributed by atoms with Gasteiger partial charge in [-0.1, -0.05) is 30.3 Å². The lowest BCUT2D eigenvalue weighted by Gasteiger charge is -2.29. The predicted octanol–water partition coefficient (Wildman–Crippen LogP) is 3.45. The molecule has 0 saturated carbocycles. The fourth-order valence-corrected chi connectivity index (χ4v) is 4.42. The van der Waals surface area contributed by atoms with Crippen LogP contribution in [0.3, 0.4) is 0 Å². The monoisotopic (exact) mass is 420 g/mol. The highest BCUT2D eigenvalue weighted by Crippen LogP contribution is 2.34. The van der Waals surface area contributed by atoms with E-state index in [-0.39, 0.29) is 24.7 Å². The van der Waals surface area contributed by atoms with Gasteiger partial charge in [0, 0.05) is 42.8 Å². The van der Waals surface area contributed by atoms with Gasteiger partial charge >= 0.3 is 0 Å². The van der Waals surface area contributed by atoms with Crippen LogP contribution >= 0.6 is 11.8 Å². The molecule has 0 bridgehead atoms. The van der Waals surface area contributed by atoms with Gasteiger partial charge in [-0.25, -0.2) is 4.68 Å². The van der Waals surface area contributed by atoms with Gasteiger partial charge in [0.15, 0.2) is 0 Å². The van der Waals surface area contributed by atoms with E-state index >= 15 is 0 Å². The number of benzene rings is 2. The Bertz CT molecular complexity index is 1020. The van der Waals surface area contributed by atoms with Crippen LogP contribution in [0.5, 0.6) is 0 Å². The molecule has 0 fully saturated rings. The van der Waals surface area contributed by atoms with Crippen LogP contribution in [-0.2, 0) is 16.0 Å². The molecule has 1 aromatic heterocycles. The molecular weight excluding hydrogens is 396 g/mol. The van der Waals surface area contributed by atoms with E-state index in [2.05, 4.69) is 10.4 Å². The van der Waals surface area contributed by atoms with Crippen molar-refractivity contribution >= 4 is 29.3 Å². The summed E-state index contributed by atoms with van der Waals surface area (Å²) >= 11 is 1.76. The minimum atomic E-state index is -0.0986. The topological polar surface area (TPSA) is 67.2 Å². The highest BCUT2D eigenvalue weighted by Gasteiger charge is 2.22. The van der Waals surface area contributed by atoms with E-state index in [0.717, 1.165) is 27.6 Å². The summed E-state index contributed by atoms with van der Waals surface area (Å²) in [4.78, 5) is 27.7. The smallest absolute Gasteiger partial charge is 0.227 e. The number of amides is 2. The van der Waals surface area contributed by atoms with Crippen molar-refractivity contribution in [2.24, 2.45) is 0 Å². The number of carbonyl (C=O) groups excluding carboxylic acids is 2. The number of thioether (sulfide) groups is 1. The maximum Gasteiger partial charge on any atom is 0.227 e. The van der Waals surface area contributed by atoms with E-state index in [1.807, 2.05) is 71.7 Å². The van der Waals surface area contributed by atoms with Crippen molar-refractivity contribution in [3.8, 4) is 5.69 Å². The molecule has 0 unspecified atom stereocenters. The summed E-state index contributed by atoms with van der Waals surface area (Å²) in [5.41, 5.74) is 3.01. The lowest BCUT2D eigenvalue weighted by atomic mass is 10.2. The first kappa shape index (κ1) is 20.2. The molecule has 4 rings (SSSR count). The van der Waals surface area contributed by atoms with Crippen molar-refractivity contribution in [1.82, 2.24) is 15.1 Å². The quantitative estimate of drug-likeness (QED) is 0.636. The van der Waals surface area contributed by atoms with Gasteiger partial charge in [-0.3, -0.25) is 9.59 Å². The first-order chi connectivity index (χ1) is 14.7. The maximum absolute atomic E-state index is 12.6. The number of hydrogen-bond acceptors (Lipinski definition) is 4. The van der Waals surface area contributed by atoms with Crippen LogP contribution in [0.4, 0.5) is 5.69 Å². The normalized spacial score (nSPS) is 13.0. The van der Waals surface area contributed by atoms with Crippen molar-refractivity contribution in [2.45, 2.75) is 24.2 Å². The van der Waals surface area contributed by atoms with Crippen molar-refractivity contribution in [3.05, 3.63) is 72.6 Å². The number of rotatable bonds is 7. The van der Waals surface area contributed by atoms with Gasteiger partial charge in [-0.2, -0.15) is 5.10 Å². The van der Waals surface area contributed by atoms with Gasteiger partial charge in [-0.15, -0.1) is 11.8 Å². The third-order valence-corrected chi connectivity index (χ3v) is 6.03. The molecule has 1 N–H and O–H groups in total. The van der Waals surface area contributed by atoms with Gasteiger partial charge < -0.3 is 10.2 Å². The second-order valence-electron chi connectivity index (χ2n) is 7.09. The summed E-state index contributed by atoms with van der Waals surface area (Å²) in [7, 11) is 0. The highest BCUT2D eigenvalue weighted by atomic mass is 32.2. The lowest BCUT2D eigenvalue weighted by molar-refractivity contribution is -0.125. The summed E-state index contributed by atoms with van der Waals surface area (Å²) in [6.07, 6.45) is 4.90. The number of fused-ring (bicyclic) bond motifs is 1. The van der Waals surface area contributed by atoms with Crippen LogP contribution in [0, 0.1) is 0 Å². The number of hydrogen-bond donors (Lipinski definition) is 1. The Morgan fingerprint density at radius 1 is 1.03 bits per heavy atom. The second kappa shape index (κ2) is 9.63. The molecule has 2 heterocycles. The molecule has 0 spiro atoms. The van der Waals surface area contributed by atoms with Gasteiger partial charge in [0.1, 0.15) is 0 Å². The second-order valence-corrected chi connectivity index (χ2v) is 8.23. The molecule has 7 heteroatoms. The first-order valence-corrected chi connectivity index (χ1v) is 11.1. The van der Waals surface area contributed by atoms with Gasteiger partial charge in [0.05, 0.1) is 17.6 Å². The zero-order valence-corrected chi connectivity index (χ0v) is 17.5. The molecule has 0 radical (unpaired) electrons. The van der Waals surface area contributed by atoms with E-state index in [9.17, 15) is 9.59 Å².